The van der Waals surface area contributed by atoms with Crippen LogP contribution < -0.4 is 5.32 Å². The summed E-state index contributed by atoms with van der Waals surface area (Å²) in [6, 6.07) is 3.71. The van der Waals surface area contributed by atoms with Crippen molar-refractivity contribution in [3.8, 4) is 0 Å². The van der Waals surface area contributed by atoms with E-state index >= 15 is 0 Å². The summed E-state index contributed by atoms with van der Waals surface area (Å²) in [5, 5.41) is 3.24. The topological polar surface area (TPSA) is 21.3 Å². The molecule has 1 saturated heterocycles. The smallest absolute Gasteiger partial charge is 0.129 e. The number of hydrogen-bond donors (Lipinski definition) is 1. The maximum atomic E-state index is 13.9. The molecule has 1 unspecified atom stereocenters. The van der Waals surface area contributed by atoms with Gasteiger partial charge in [-0.2, -0.15) is 0 Å². The molecule has 3 rings (SSSR count). The molecule has 0 bridgehead atoms. The summed E-state index contributed by atoms with van der Waals surface area (Å²) in [6.07, 6.45) is 3.15. The Morgan fingerprint density at radius 3 is 2.81 bits per heavy atom. The van der Waals surface area contributed by atoms with Gasteiger partial charge in [-0.05, 0) is 42.5 Å². The van der Waals surface area contributed by atoms with Gasteiger partial charge in [0.1, 0.15) is 5.82 Å². The van der Waals surface area contributed by atoms with Crippen molar-refractivity contribution in [1.82, 2.24) is 5.32 Å². The Labute approximate surface area is 94.8 Å². The Morgan fingerprint density at radius 2 is 2.06 bits per heavy atom. The zero-order valence-corrected chi connectivity index (χ0v) is 9.26. The molecule has 0 saturated carbocycles. The van der Waals surface area contributed by atoms with E-state index < -0.39 is 0 Å². The highest BCUT2D eigenvalue weighted by Gasteiger charge is 2.22. The maximum absolute atomic E-state index is 13.9. The largest absolute Gasteiger partial charge is 0.371 e. The lowest BCUT2D eigenvalue weighted by molar-refractivity contribution is 0.0255. The summed E-state index contributed by atoms with van der Waals surface area (Å²) in [4.78, 5) is 0. The van der Waals surface area contributed by atoms with Crippen LogP contribution in [-0.2, 0) is 17.6 Å². The average molecular weight is 221 g/mol. The molecule has 16 heavy (non-hydrogen) atoms. The summed E-state index contributed by atoms with van der Waals surface area (Å²) in [7, 11) is 0. The highest BCUT2D eigenvalue weighted by atomic mass is 19.1. The van der Waals surface area contributed by atoms with Crippen molar-refractivity contribution >= 4 is 0 Å². The normalized spacial score (nSPS) is 24.4. The van der Waals surface area contributed by atoms with Gasteiger partial charge in [-0.25, -0.2) is 4.39 Å². The Hall–Kier alpha value is -0.930. The molecule has 0 spiro atoms. The van der Waals surface area contributed by atoms with Gasteiger partial charge in [-0.15, -0.1) is 0 Å². The molecule has 0 radical (unpaired) electrons. The summed E-state index contributed by atoms with van der Waals surface area (Å²) in [5.41, 5.74) is 3.23. The van der Waals surface area contributed by atoms with Gasteiger partial charge in [0.05, 0.1) is 12.7 Å². The van der Waals surface area contributed by atoms with Crippen LogP contribution in [0.25, 0.3) is 0 Å². The van der Waals surface area contributed by atoms with Crippen molar-refractivity contribution in [1.29, 1.82) is 0 Å². The number of benzene rings is 1. The second-order valence-electron chi connectivity index (χ2n) is 4.56. The predicted octanol–water partition coefficient (Wildman–Crippen LogP) is 1.98. The Morgan fingerprint density at radius 1 is 1.25 bits per heavy atom. The minimum absolute atomic E-state index is 0.102. The molecule has 1 heterocycles. The highest BCUT2D eigenvalue weighted by Crippen LogP contribution is 2.29. The van der Waals surface area contributed by atoms with Gasteiger partial charge < -0.3 is 10.1 Å². The van der Waals surface area contributed by atoms with Crippen molar-refractivity contribution < 1.29 is 9.13 Å². The monoisotopic (exact) mass is 221 g/mol. The Bertz CT molecular complexity index is 399. The lowest BCUT2D eigenvalue weighted by Gasteiger charge is -2.24. The molecular formula is C13H16FNO. The number of aryl methyl sites for hydroxylation is 2. The number of rotatable bonds is 1. The molecule has 3 heteroatoms. The first kappa shape index (κ1) is 10.2. The molecule has 1 fully saturated rings. The minimum Gasteiger partial charge on any atom is -0.371 e. The molecule has 1 aliphatic heterocycles. The molecule has 1 aromatic carbocycles. The number of hydrogen-bond acceptors (Lipinski definition) is 2. The second-order valence-corrected chi connectivity index (χ2v) is 4.56. The van der Waals surface area contributed by atoms with Crippen molar-refractivity contribution in [3.05, 3.63) is 34.6 Å². The third kappa shape index (κ3) is 1.74. The first-order valence-electron chi connectivity index (χ1n) is 5.98. The van der Waals surface area contributed by atoms with Crippen LogP contribution in [0, 0.1) is 5.82 Å². The van der Waals surface area contributed by atoms with Crippen LogP contribution in [0.5, 0.6) is 0 Å². The number of nitrogens with one attached hydrogen (secondary N) is 1. The lowest BCUT2D eigenvalue weighted by atomic mass is 10.0. The molecule has 1 aromatic rings. The molecule has 86 valence electrons. The van der Waals surface area contributed by atoms with Gasteiger partial charge in [-0.1, -0.05) is 0 Å². The van der Waals surface area contributed by atoms with Crippen molar-refractivity contribution in [2.24, 2.45) is 0 Å². The summed E-state index contributed by atoms with van der Waals surface area (Å²) >= 11 is 0. The zero-order valence-electron chi connectivity index (χ0n) is 9.26. The van der Waals surface area contributed by atoms with Gasteiger partial charge in [0.25, 0.3) is 0 Å². The van der Waals surface area contributed by atoms with Crippen LogP contribution in [-0.4, -0.2) is 19.7 Å². The van der Waals surface area contributed by atoms with Gasteiger partial charge >= 0.3 is 0 Å². The highest BCUT2D eigenvalue weighted by molar-refractivity contribution is 5.37. The van der Waals surface area contributed by atoms with Gasteiger partial charge in [0.2, 0.25) is 0 Å². The summed E-state index contributed by atoms with van der Waals surface area (Å²) in [5.74, 6) is -0.102. The van der Waals surface area contributed by atoms with E-state index in [1.807, 2.05) is 6.07 Å². The molecule has 2 aliphatic rings. The predicted molar refractivity (Wildman–Crippen MR) is 60.0 cm³/mol. The number of ether oxygens (including phenoxy) is 1. The van der Waals surface area contributed by atoms with E-state index in [9.17, 15) is 4.39 Å². The first-order valence-corrected chi connectivity index (χ1v) is 5.98. The van der Waals surface area contributed by atoms with Crippen LogP contribution in [0.15, 0.2) is 12.1 Å². The molecule has 2 nitrogen and oxygen atoms in total. The van der Waals surface area contributed by atoms with Crippen molar-refractivity contribution in [2.75, 3.05) is 19.7 Å². The lowest BCUT2D eigenvalue weighted by Crippen LogP contribution is -2.33. The quantitative estimate of drug-likeness (QED) is 0.783. The fourth-order valence-corrected chi connectivity index (χ4v) is 2.63. The van der Waals surface area contributed by atoms with Gasteiger partial charge in [-0.3, -0.25) is 0 Å². The van der Waals surface area contributed by atoms with E-state index in [0.717, 1.165) is 37.9 Å². The van der Waals surface area contributed by atoms with E-state index in [1.54, 1.807) is 6.07 Å². The van der Waals surface area contributed by atoms with Crippen LogP contribution in [0.4, 0.5) is 4.39 Å². The molecular weight excluding hydrogens is 205 g/mol. The zero-order chi connectivity index (χ0) is 11.0. The third-order valence-corrected chi connectivity index (χ3v) is 3.49. The summed E-state index contributed by atoms with van der Waals surface area (Å²) in [6.45, 7) is 2.25. The van der Waals surface area contributed by atoms with E-state index in [2.05, 4.69) is 5.32 Å². The van der Waals surface area contributed by atoms with Gasteiger partial charge in [0.15, 0.2) is 0 Å². The van der Waals surface area contributed by atoms with E-state index in [4.69, 9.17) is 4.74 Å². The molecule has 1 N–H and O–H groups in total. The second kappa shape index (κ2) is 4.15. The third-order valence-electron chi connectivity index (χ3n) is 3.49. The molecule has 1 aliphatic carbocycles. The first-order chi connectivity index (χ1) is 7.84. The fourth-order valence-electron chi connectivity index (χ4n) is 2.63. The van der Waals surface area contributed by atoms with Crippen molar-refractivity contribution in [3.63, 3.8) is 0 Å². The van der Waals surface area contributed by atoms with E-state index in [0.29, 0.717) is 6.61 Å². The van der Waals surface area contributed by atoms with E-state index in [-0.39, 0.29) is 11.9 Å². The van der Waals surface area contributed by atoms with Crippen molar-refractivity contribution in [2.45, 2.75) is 25.4 Å². The molecule has 1 atom stereocenters. The van der Waals surface area contributed by atoms with Crippen LogP contribution in [0.3, 0.4) is 0 Å². The van der Waals surface area contributed by atoms with Gasteiger partial charge in [0, 0.05) is 18.7 Å². The maximum Gasteiger partial charge on any atom is 0.129 e. The summed E-state index contributed by atoms with van der Waals surface area (Å²) < 4.78 is 19.5. The molecule has 0 aromatic heterocycles. The number of fused-ring (bicyclic) bond motifs is 1. The average Bonchev–Trinajstić information content (AvgIpc) is 2.76. The number of morpholine rings is 1. The van der Waals surface area contributed by atoms with Crippen LogP contribution in [0.1, 0.15) is 29.2 Å². The Balaban J connectivity index is 1.94. The standard InChI is InChI=1S/C13H16FNO/c14-12-7-10-3-1-2-9(10)6-11(12)13-8-15-4-5-16-13/h6-7,13,15H,1-5,8H2. The minimum atomic E-state index is -0.111. The molecule has 0 amide bonds. The number of halogens is 1. The SMILES string of the molecule is Fc1cc2c(cc1C1CNCCO1)CCC2. The van der Waals surface area contributed by atoms with Crippen LogP contribution >= 0.6 is 0 Å². The Kier molecular flexibility index (Phi) is 2.65. The van der Waals surface area contributed by atoms with E-state index in [1.165, 1.54) is 11.1 Å². The van der Waals surface area contributed by atoms with Crippen LogP contribution in [0.2, 0.25) is 0 Å². The fraction of sp³-hybridized carbons (Fsp3) is 0.538.